The fourth-order valence-corrected chi connectivity index (χ4v) is 4.83. The molecule has 2 aromatic rings. The molecule has 1 aromatic heterocycles. The summed E-state index contributed by atoms with van der Waals surface area (Å²) >= 11 is 0. The first-order valence-corrected chi connectivity index (χ1v) is 10.3. The summed E-state index contributed by atoms with van der Waals surface area (Å²) in [6.07, 6.45) is 6.77. The molecule has 146 valence electrons. The van der Waals surface area contributed by atoms with Gasteiger partial charge in [0.15, 0.2) is 0 Å². The Morgan fingerprint density at radius 3 is 2.71 bits per heavy atom. The molecule has 1 saturated carbocycles. The van der Waals surface area contributed by atoms with E-state index in [0.29, 0.717) is 24.0 Å². The third kappa shape index (κ3) is 3.28. The second kappa shape index (κ2) is 7.71. The van der Waals surface area contributed by atoms with Crippen molar-refractivity contribution >= 4 is 17.4 Å². The van der Waals surface area contributed by atoms with E-state index in [1.54, 1.807) is 0 Å². The first-order chi connectivity index (χ1) is 13.6. The van der Waals surface area contributed by atoms with E-state index < -0.39 is 0 Å². The first kappa shape index (κ1) is 18.6. The van der Waals surface area contributed by atoms with Gasteiger partial charge in [-0.15, -0.1) is 0 Å². The molecule has 0 unspecified atom stereocenters. The van der Waals surface area contributed by atoms with Gasteiger partial charge in [0.25, 0.3) is 0 Å². The number of nitrogens with one attached hydrogen (secondary N) is 1. The highest BCUT2D eigenvalue weighted by molar-refractivity contribution is 5.95. The number of hydrogen-bond donors (Lipinski definition) is 1. The molecule has 28 heavy (non-hydrogen) atoms. The van der Waals surface area contributed by atoms with Gasteiger partial charge in [-0.25, -0.2) is 0 Å². The highest BCUT2D eigenvalue weighted by Gasteiger charge is 2.27. The minimum absolute atomic E-state index is 0.0510. The Morgan fingerprint density at radius 2 is 1.96 bits per heavy atom. The van der Waals surface area contributed by atoms with Crippen LogP contribution in [0.5, 0.6) is 0 Å². The van der Waals surface area contributed by atoms with Crippen LogP contribution >= 0.6 is 0 Å². The lowest BCUT2D eigenvalue weighted by atomic mass is 10.0. The third-order valence-corrected chi connectivity index (χ3v) is 6.36. The fraction of sp³-hybridized carbons (Fsp3) is 0.478. The Hall–Kier alpha value is -2.74. The van der Waals surface area contributed by atoms with Crippen molar-refractivity contribution in [1.29, 1.82) is 5.26 Å². The maximum atomic E-state index is 13.0. The number of para-hydroxylation sites is 1. The SMILES string of the molecule is Cc1c(C#N)c(NC(=O)CN2CCCc3ccccc32)n(C2CCCC2)c1C. The topological polar surface area (TPSA) is 61.1 Å². The van der Waals surface area contributed by atoms with Gasteiger partial charge in [0.05, 0.1) is 12.1 Å². The van der Waals surface area contributed by atoms with Crippen LogP contribution in [0.25, 0.3) is 0 Å². The Labute approximate surface area is 167 Å². The van der Waals surface area contributed by atoms with Gasteiger partial charge in [-0.3, -0.25) is 4.79 Å². The summed E-state index contributed by atoms with van der Waals surface area (Å²) < 4.78 is 2.21. The van der Waals surface area contributed by atoms with Gasteiger partial charge in [0, 0.05) is 24.0 Å². The Kier molecular flexibility index (Phi) is 5.13. The quantitative estimate of drug-likeness (QED) is 0.856. The fourth-order valence-electron chi connectivity index (χ4n) is 4.83. The van der Waals surface area contributed by atoms with Gasteiger partial charge in [0.2, 0.25) is 5.91 Å². The summed E-state index contributed by atoms with van der Waals surface area (Å²) in [5, 5.41) is 12.8. The van der Waals surface area contributed by atoms with Crippen LogP contribution in [0.15, 0.2) is 24.3 Å². The molecule has 2 heterocycles. The lowest BCUT2D eigenvalue weighted by Crippen LogP contribution is -2.37. The number of nitrogens with zero attached hydrogens (tertiary/aromatic N) is 3. The zero-order valence-corrected chi connectivity index (χ0v) is 16.8. The largest absolute Gasteiger partial charge is 0.362 e. The number of amides is 1. The van der Waals surface area contributed by atoms with E-state index in [-0.39, 0.29) is 5.91 Å². The average Bonchev–Trinajstić information content (AvgIpc) is 3.29. The molecule has 0 spiro atoms. The van der Waals surface area contributed by atoms with Crippen LogP contribution in [0.4, 0.5) is 11.5 Å². The van der Waals surface area contributed by atoms with Crippen LogP contribution in [0.1, 0.15) is 60.5 Å². The number of anilines is 2. The third-order valence-electron chi connectivity index (χ3n) is 6.36. The number of aromatic nitrogens is 1. The molecule has 1 N–H and O–H groups in total. The Balaban J connectivity index is 1.59. The van der Waals surface area contributed by atoms with Crippen LogP contribution in [0, 0.1) is 25.2 Å². The zero-order valence-electron chi connectivity index (χ0n) is 16.8. The number of hydrogen-bond acceptors (Lipinski definition) is 3. The number of fused-ring (bicyclic) bond motifs is 1. The van der Waals surface area contributed by atoms with Gasteiger partial charge in [-0.1, -0.05) is 31.0 Å². The van der Waals surface area contributed by atoms with Crippen molar-refractivity contribution in [3.05, 3.63) is 46.6 Å². The molecule has 4 rings (SSSR count). The summed E-state index contributed by atoms with van der Waals surface area (Å²) in [7, 11) is 0. The lowest BCUT2D eigenvalue weighted by Gasteiger charge is -2.30. The maximum Gasteiger partial charge on any atom is 0.245 e. The summed E-state index contributed by atoms with van der Waals surface area (Å²) in [5.74, 6) is 0.643. The lowest BCUT2D eigenvalue weighted by molar-refractivity contribution is -0.115. The normalized spacial score (nSPS) is 16.7. The molecule has 5 heteroatoms. The molecule has 5 nitrogen and oxygen atoms in total. The van der Waals surface area contributed by atoms with E-state index in [4.69, 9.17) is 0 Å². The summed E-state index contributed by atoms with van der Waals surface area (Å²) in [4.78, 5) is 15.1. The number of benzene rings is 1. The molecular weight excluding hydrogens is 348 g/mol. The van der Waals surface area contributed by atoms with E-state index in [1.807, 2.05) is 13.0 Å². The van der Waals surface area contributed by atoms with Gasteiger partial charge in [0.1, 0.15) is 11.9 Å². The molecule has 1 aliphatic carbocycles. The molecule has 1 aromatic carbocycles. The molecular formula is C23H28N4O. The van der Waals surface area contributed by atoms with Crippen molar-refractivity contribution in [3.8, 4) is 6.07 Å². The molecule has 0 saturated heterocycles. The van der Waals surface area contributed by atoms with Crippen LogP contribution in [-0.4, -0.2) is 23.6 Å². The van der Waals surface area contributed by atoms with E-state index in [9.17, 15) is 10.1 Å². The second-order valence-electron chi connectivity index (χ2n) is 8.06. The van der Waals surface area contributed by atoms with Crippen LogP contribution in [0.2, 0.25) is 0 Å². The average molecular weight is 377 g/mol. The highest BCUT2D eigenvalue weighted by Crippen LogP contribution is 2.37. The van der Waals surface area contributed by atoms with Crippen molar-refractivity contribution in [2.45, 2.75) is 58.4 Å². The number of rotatable bonds is 4. The Morgan fingerprint density at radius 1 is 1.21 bits per heavy atom. The van der Waals surface area contributed by atoms with Gasteiger partial charge >= 0.3 is 0 Å². The number of carbonyl (C=O) groups excluding carboxylic acids is 1. The van der Waals surface area contributed by atoms with Gasteiger partial charge < -0.3 is 14.8 Å². The smallest absolute Gasteiger partial charge is 0.245 e. The first-order valence-electron chi connectivity index (χ1n) is 10.3. The van der Waals surface area contributed by atoms with Crippen molar-refractivity contribution in [2.24, 2.45) is 0 Å². The summed E-state index contributed by atoms with van der Waals surface area (Å²) in [6.45, 7) is 5.24. The van der Waals surface area contributed by atoms with E-state index >= 15 is 0 Å². The van der Waals surface area contributed by atoms with Crippen molar-refractivity contribution in [2.75, 3.05) is 23.3 Å². The predicted molar refractivity (Wildman–Crippen MR) is 112 cm³/mol. The van der Waals surface area contributed by atoms with Crippen molar-refractivity contribution in [1.82, 2.24) is 4.57 Å². The van der Waals surface area contributed by atoms with E-state index in [1.165, 1.54) is 18.4 Å². The highest BCUT2D eigenvalue weighted by atomic mass is 16.2. The molecule has 1 fully saturated rings. The predicted octanol–water partition coefficient (Wildman–Crippen LogP) is 4.48. The molecule has 0 atom stereocenters. The minimum Gasteiger partial charge on any atom is -0.362 e. The van der Waals surface area contributed by atoms with Crippen molar-refractivity contribution in [3.63, 3.8) is 0 Å². The van der Waals surface area contributed by atoms with E-state index in [0.717, 1.165) is 49.2 Å². The zero-order chi connectivity index (χ0) is 19.7. The van der Waals surface area contributed by atoms with Crippen molar-refractivity contribution < 1.29 is 4.79 Å². The van der Waals surface area contributed by atoms with Crippen LogP contribution in [0.3, 0.4) is 0 Å². The van der Waals surface area contributed by atoms with E-state index in [2.05, 4.69) is 46.0 Å². The molecule has 0 bridgehead atoms. The van der Waals surface area contributed by atoms with Gasteiger partial charge in [-0.05, 0) is 56.7 Å². The maximum absolute atomic E-state index is 13.0. The number of carbonyl (C=O) groups is 1. The number of nitriles is 1. The van der Waals surface area contributed by atoms with Crippen LogP contribution < -0.4 is 10.2 Å². The van der Waals surface area contributed by atoms with Gasteiger partial charge in [-0.2, -0.15) is 5.26 Å². The minimum atomic E-state index is -0.0510. The molecule has 2 aliphatic rings. The summed E-state index contributed by atoms with van der Waals surface area (Å²) in [5.41, 5.74) is 5.15. The second-order valence-corrected chi connectivity index (χ2v) is 8.06. The number of aryl methyl sites for hydroxylation is 1. The monoisotopic (exact) mass is 376 g/mol. The molecule has 1 amide bonds. The molecule has 1 aliphatic heterocycles. The Bertz CT molecular complexity index is 931. The standard InChI is InChI=1S/C23H28N4O/c1-16-17(2)27(19-10-4-5-11-19)23(20(16)14-24)25-22(28)15-26-13-7-9-18-8-3-6-12-21(18)26/h3,6,8,12,19H,4-5,7,9-11,13,15H2,1-2H3,(H,25,28). The summed E-state index contributed by atoms with van der Waals surface area (Å²) in [6, 6.07) is 11.0. The molecule has 0 radical (unpaired) electrons. The van der Waals surface area contributed by atoms with Crippen LogP contribution in [-0.2, 0) is 11.2 Å².